The summed E-state index contributed by atoms with van der Waals surface area (Å²) in [5, 5.41) is 3.03. The van der Waals surface area contributed by atoms with E-state index in [4.69, 9.17) is 25.8 Å². The Morgan fingerprint density at radius 2 is 1.87 bits per heavy atom. The van der Waals surface area contributed by atoms with Gasteiger partial charge in [-0.25, -0.2) is 9.59 Å². The molecule has 1 aliphatic heterocycles. The molecule has 1 N–H and O–H groups in total. The maximum atomic E-state index is 13.7. The lowest BCUT2D eigenvalue weighted by molar-refractivity contribution is -0.146. The Kier molecular flexibility index (Phi) is 9.62. The Bertz CT molecular complexity index is 1170. The number of para-hydroxylation sites is 1. The second-order valence-electron chi connectivity index (χ2n) is 10.0. The highest BCUT2D eigenvalue weighted by molar-refractivity contribution is 6.34. The molecule has 3 rings (SSSR count). The molecular weight excluding hydrogens is 510 g/mol. The summed E-state index contributed by atoms with van der Waals surface area (Å²) in [7, 11) is 1.26. The van der Waals surface area contributed by atoms with Crippen LogP contribution in [-0.4, -0.2) is 67.4 Å². The van der Waals surface area contributed by atoms with Gasteiger partial charge in [-0.15, -0.1) is 0 Å². The molecule has 1 aliphatic rings. The van der Waals surface area contributed by atoms with Gasteiger partial charge in [0.05, 0.1) is 36.5 Å². The van der Waals surface area contributed by atoms with Crippen LogP contribution >= 0.6 is 11.6 Å². The van der Waals surface area contributed by atoms with E-state index in [1.165, 1.54) is 7.11 Å². The normalized spacial score (nSPS) is 16.2. The molecule has 0 saturated heterocycles. The fraction of sp³-hybridized carbons (Fsp3) is 0.464. The number of benzene rings is 2. The van der Waals surface area contributed by atoms with Gasteiger partial charge in [0.1, 0.15) is 5.75 Å². The molecule has 0 radical (unpaired) electrons. The number of rotatable bonds is 7. The van der Waals surface area contributed by atoms with E-state index in [1.807, 2.05) is 58.9 Å². The Morgan fingerprint density at radius 3 is 2.50 bits per heavy atom. The molecule has 0 bridgehead atoms. The van der Waals surface area contributed by atoms with E-state index in [2.05, 4.69) is 5.32 Å². The van der Waals surface area contributed by atoms with Gasteiger partial charge in [-0.3, -0.25) is 4.79 Å². The lowest BCUT2D eigenvalue weighted by atomic mass is 10.1. The number of anilines is 1. The standard InChI is InChI=1S/C28H36ClN3O6/c1-7-37-20-12-13-21(22(29)14-20)25(33)32-15-18(2)31(16-19-10-8-9-11-24(19)32)27(35)30-23(26(34)36-6)17-38-28(3,4)5/h8-14,18,23H,7,15-17H2,1-6H3,(H,30,35)/t18-,23?/m1/s1. The third kappa shape index (κ3) is 7.17. The quantitative estimate of drug-likeness (QED) is 0.508. The molecule has 2 aromatic carbocycles. The molecular formula is C28H36ClN3O6. The van der Waals surface area contributed by atoms with Crippen molar-refractivity contribution >= 4 is 35.2 Å². The number of halogens is 1. The van der Waals surface area contributed by atoms with Gasteiger partial charge in [-0.05, 0) is 64.4 Å². The molecule has 2 atom stereocenters. The van der Waals surface area contributed by atoms with Crippen LogP contribution in [0.3, 0.4) is 0 Å². The van der Waals surface area contributed by atoms with E-state index in [1.54, 1.807) is 28.0 Å². The van der Waals surface area contributed by atoms with Crippen molar-refractivity contribution in [1.29, 1.82) is 0 Å². The smallest absolute Gasteiger partial charge is 0.330 e. The minimum absolute atomic E-state index is 0.0401. The SMILES string of the molecule is CCOc1ccc(C(=O)N2C[C@@H](C)N(C(=O)NC(COC(C)(C)C)C(=O)OC)Cc3ccccc32)c(Cl)c1. The topological polar surface area (TPSA) is 97.4 Å². The van der Waals surface area contributed by atoms with E-state index in [9.17, 15) is 14.4 Å². The summed E-state index contributed by atoms with van der Waals surface area (Å²) >= 11 is 6.47. The number of amides is 3. The first-order valence-corrected chi connectivity index (χ1v) is 12.9. The van der Waals surface area contributed by atoms with E-state index < -0.39 is 29.7 Å². The van der Waals surface area contributed by atoms with Gasteiger partial charge in [-0.2, -0.15) is 0 Å². The fourth-order valence-electron chi connectivity index (χ4n) is 4.12. The first-order chi connectivity index (χ1) is 17.9. The zero-order valence-electron chi connectivity index (χ0n) is 22.7. The summed E-state index contributed by atoms with van der Waals surface area (Å²) < 4.78 is 16.1. The monoisotopic (exact) mass is 545 g/mol. The molecule has 206 valence electrons. The first-order valence-electron chi connectivity index (χ1n) is 12.6. The second kappa shape index (κ2) is 12.5. The number of esters is 1. The van der Waals surface area contributed by atoms with Crippen LogP contribution in [0.5, 0.6) is 5.75 Å². The molecule has 9 nitrogen and oxygen atoms in total. The van der Waals surface area contributed by atoms with Gasteiger partial charge in [0.25, 0.3) is 5.91 Å². The summed E-state index contributed by atoms with van der Waals surface area (Å²) in [5.41, 5.74) is 1.29. The molecule has 10 heteroatoms. The molecule has 1 unspecified atom stereocenters. The molecule has 0 fully saturated rings. The van der Waals surface area contributed by atoms with Crippen molar-refractivity contribution in [3.8, 4) is 5.75 Å². The van der Waals surface area contributed by atoms with Crippen molar-refractivity contribution in [2.24, 2.45) is 0 Å². The molecule has 0 aliphatic carbocycles. The number of hydrogen-bond acceptors (Lipinski definition) is 6. The van der Waals surface area contributed by atoms with Crippen molar-refractivity contribution < 1.29 is 28.6 Å². The lowest BCUT2D eigenvalue weighted by Gasteiger charge is -2.31. The summed E-state index contributed by atoms with van der Waals surface area (Å²) in [6, 6.07) is 10.5. The van der Waals surface area contributed by atoms with E-state index in [0.29, 0.717) is 23.6 Å². The van der Waals surface area contributed by atoms with Gasteiger partial charge in [0.2, 0.25) is 0 Å². The van der Waals surface area contributed by atoms with Crippen LogP contribution in [0.1, 0.15) is 50.5 Å². The number of fused-ring (bicyclic) bond motifs is 1. The maximum Gasteiger partial charge on any atom is 0.330 e. The number of carbonyl (C=O) groups is 3. The fourth-order valence-corrected chi connectivity index (χ4v) is 4.37. The number of methoxy groups -OCH3 is 1. The molecule has 3 amide bonds. The summed E-state index contributed by atoms with van der Waals surface area (Å²) in [6.45, 7) is 10.2. The van der Waals surface area contributed by atoms with Crippen molar-refractivity contribution in [3.63, 3.8) is 0 Å². The maximum absolute atomic E-state index is 13.7. The molecule has 0 spiro atoms. The van der Waals surface area contributed by atoms with Crippen molar-refractivity contribution in [1.82, 2.24) is 10.2 Å². The summed E-state index contributed by atoms with van der Waals surface area (Å²) in [4.78, 5) is 42.8. The third-order valence-electron chi connectivity index (χ3n) is 6.06. The highest BCUT2D eigenvalue weighted by Gasteiger charge is 2.34. The molecule has 0 saturated carbocycles. The Balaban J connectivity index is 1.87. The average Bonchev–Trinajstić information content (AvgIpc) is 3.02. The molecule has 38 heavy (non-hydrogen) atoms. The van der Waals surface area contributed by atoms with Crippen LogP contribution in [0.25, 0.3) is 0 Å². The highest BCUT2D eigenvalue weighted by atomic mass is 35.5. The van der Waals surface area contributed by atoms with Crippen LogP contribution in [0, 0.1) is 0 Å². The van der Waals surface area contributed by atoms with E-state index >= 15 is 0 Å². The zero-order chi connectivity index (χ0) is 28.0. The second-order valence-corrected chi connectivity index (χ2v) is 10.5. The van der Waals surface area contributed by atoms with Crippen molar-refractivity contribution in [2.75, 3.05) is 31.8 Å². The highest BCUT2D eigenvalue weighted by Crippen LogP contribution is 2.31. The predicted octanol–water partition coefficient (Wildman–Crippen LogP) is 4.66. The number of hydrogen-bond donors (Lipinski definition) is 1. The van der Waals surface area contributed by atoms with Crippen LogP contribution < -0.4 is 15.0 Å². The van der Waals surface area contributed by atoms with Gasteiger partial charge in [0, 0.05) is 24.8 Å². The largest absolute Gasteiger partial charge is 0.494 e. The number of nitrogens with one attached hydrogen (secondary N) is 1. The molecule has 2 aromatic rings. The molecule has 0 aromatic heterocycles. The average molecular weight is 546 g/mol. The summed E-state index contributed by atoms with van der Waals surface area (Å²) in [5.74, 6) is -0.310. The minimum atomic E-state index is -0.988. The minimum Gasteiger partial charge on any atom is -0.494 e. The molecule has 1 heterocycles. The zero-order valence-corrected chi connectivity index (χ0v) is 23.5. The van der Waals surface area contributed by atoms with Crippen LogP contribution in [0.2, 0.25) is 5.02 Å². The van der Waals surface area contributed by atoms with Gasteiger partial charge in [0.15, 0.2) is 6.04 Å². The van der Waals surface area contributed by atoms with Gasteiger partial charge >= 0.3 is 12.0 Å². The predicted molar refractivity (Wildman–Crippen MR) is 146 cm³/mol. The van der Waals surface area contributed by atoms with Gasteiger partial charge < -0.3 is 29.3 Å². The van der Waals surface area contributed by atoms with Gasteiger partial charge in [-0.1, -0.05) is 29.8 Å². The van der Waals surface area contributed by atoms with Crippen molar-refractivity contribution in [3.05, 3.63) is 58.6 Å². The van der Waals surface area contributed by atoms with Crippen LogP contribution in [-0.2, 0) is 20.8 Å². The Hall–Kier alpha value is -3.30. The number of carbonyl (C=O) groups excluding carboxylic acids is 3. The van der Waals surface area contributed by atoms with Crippen LogP contribution in [0.4, 0.5) is 10.5 Å². The number of ether oxygens (including phenoxy) is 3. The Labute approximate surface area is 229 Å². The third-order valence-corrected chi connectivity index (χ3v) is 6.37. The first kappa shape index (κ1) is 29.3. The van der Waals surface area contributed by atoms with E-state index in [-0.39, 0.29) is 30.6 Å². The summed E-state index contributed by atoms with van der Waals surface area (Å²) in [6.07, 6.45) is 0. The van der Waals surface area contributed by atoms with E-state index in [0.717, 1.165) is 5.56 Å². The van der Waals surface area contributed by atoms with Crippen molar-refractivity contribution in [2.45, 2.75) is 58.8 Å². The van der Waals surface area contributed by atoms with Crippen LogP contribution in [0.15, 0.2) is 42.5 Å². The lowest BCUT2D eigenvalue weighted by Crippen LogP contribution is -2.54. The number of urea groups is 1. The number of nitrogens with zero attached hydrogens (tertiary/aromatic N) is 2. The Morgan fingerprint density at radius 1 is 1.16 bits per heavy atom.